The summed E-state index contributed by atoms with van der Waals surface area (Å²) in [6.07, 6.45) is -0.153. The Morgan fingerprint density at radius 2 is 2.04 bits per heavy atom. The molecule has 1 fully saturated rings. The molecule has 2 amide bonds. The average molecular weight is 327 g/mol. The van der Waals surface area contributed by atoms with Crippen molar-refractivity contribution in [2.24, 2.45) is 0 Å². The van der Waals surface area contributed by atoms with Crippen LogP contribution in [0, 0.1) is 18.3 Å². The highest BCUT2D eigenvalue weighted by atomic mass is 19.1. The van der Waals surface area contributed by atoms with E-state index in [4.69, 9.17) is 9.68 Å². The average Bonchev–Trinajstić information content (AvgIpc) is 2.96. The molecule has 6 heteroatoms. The lowest BCUT2D eigenvalue weighted by Gasteiger charge is -2.39. The Morgan fingerprint density at radius 1 is 1.33 bits per heavy atom. The maximum atomic E-state index is 13.2. The Hall–Kier alpha value is -2.81. The van der Waals surface area contributed by atoms with Crippen LogP contribution in [-0.2, 0) is 6.54 Å². The molecule has 0 radical (unpaired) electrons. The van der Waals surface area contributed by atoms with Crippen LogP contribution in [0.1, 0.15) is 29.9 Å². The monoisotopic (exact) mass is 327 g/mol. The Bertz CT molecular complexity index is 757. The van der Waals surface area contributed by atoms with Gasteiger partial charge < -0.3 is 14.6 Å². The molecule has 0 spiro atoms. The molecule has 24 heavy (non-hydrogen) atoms. The molecule has 1 aliphatic rings. The Balaban J connectivity index is 1.71. The van der Waals surface area contributed by atoms with Gasteiger partial charge in [0.05, 0.1) is 18.2 Å². The number of alkyl halides is 1. The summed E-state index contributed by atoms with van der Waals surface area (Å²) in [5.41, 5.74) is 1.12. The molecule has 0 unspecified atom stereocenters. The summed E-state index contributed by atoms with van der Waals surface area (Å²) in [5, 5.41) is 11.6. The number of amides is 2. The molecule has 0 atom stereocenters. The van der Waals surface area contributed by atoms with Crippen molar-refractivity contribution in [2.45, 2.75) is 38.5 Å². The van der Waals surface area contributed by atoms with Gasteiger partial charge in [0.15, 0.2) is 0 Å². The van der Waals surface area contributed by atoms with E-state index in [0.29, 0.717) is 36.4 Å². The third-order valence-corrected chi connectivity index (χ3v) is 4.14. The van der Waals surface area contributed by atoms with Crippen LogP contribution in [0.15, 0.2) is 40.8 Å². The number of carbonyl (C=O) groups excluding carboxylic acids is 1. The minimum Gasteiger partial charge on any atom is -0.464 e. The lowest BCUT2D eigenvalue weighted by Crippen LogP contribution is -2.49. The van der Waals surface area contributed by atoms with E-state index in [1.54, 1.807) is 29.2 Å². The van der Waals surface area contributed by atoms with E-state index in [0.717, 1.165) is 5.76 Å². The Morgan fingerprint density at radius 3 is 2.58 bits per heavy atom. The van der Waals surface area contributed by atoms with E-state index in [9.17, 15) is 9.18 Å². The van der Waals surface area contributed by atoms with Crippen LogP contribution >= 0.6 is 0 Å². The molecular formula is C18H18FN3O2. The highest BCUT2D eigenvalue weighted by Crippen LogP contribution is 2.30. The molecule has 5 nitrogen and oxygen atoms in total. The van der Waals surface area contributed by atoms with E-state index in [-0.39, 0.29) is 12.1 Å². The Labute approximate surface area is 139 Å². The van der Waals surface area contributed by atoms with Gasteiger partial charge in [-0.1, -0.05) is 0 Å². The van der Waals surface area contributed by atoms with Crippen molar-refractivity contribution in [3.8, 4) is 6.07 Å². The van der Waals surface area contributed by atoms with Crippen molar-refractivity contribution in [3.63, 3.8) is 0 Å². The van der Waals surface area contributed by atoms with Crippen LogP contribution in [-0.4, -0.2) is 23.1 Å². The van der Waals surface area contributed by atoms with Gasteiger partial charge in [-0.3, -0.25) is 0 Å². The molecule has 0 aliphatic heterocycles. The minimum atomic E-state index is -0.849. The first kappa shape index (κ1) is 16.1. The highest BCUT2D eigenvalue weighted by Gasteiger charge is 2.36. The van der Waals surface area contributed by atoms with Gasteiger partial charge in [0.2, 0.25) is 0 Å². The molecule has 1 saturated carbocycles. The van der Waals surface area contributed by atoms with Crippen LogP contribution in [0.25, 0.3) is 0 Å². The third-order valence-electron chi connectivity index (χ3n) is 4.14. The molecule has 1 aromatic carbocycles. The van der Waals surface area contributed by atoms with Crippen molar-refractivity contribution in [1.29, 1.82) is 5.26 Å². The van der Waals surface area contributed by atoms with Gasteiger partial charge in [0.25, 0.3) is 0 Å². The quantitative estimate of drug-likeness (QED) is 0.923. The number of carbonyl (C=O) groups is 1. The topological polar surface area (TPSA) is 69.3 Å². The van der Waals surface area contributed by atoms with Crippen LogP contribution in [0.4, 0.5) is 14.9 Å². The van der Waals surface area contributed by atoms with E-state index in [2.05, 4.69) is 5.32 Å². The van der Waals surface area contributed by atoms with Gasteiger partial charge in [-0.25, -0.2) is 9.18 Å². The number of nitrogens with zero attached hydrogens (tertiary/aromatic N) is 2. The Kier molecular flexibility index (Phi) is 4.52. The van der Waals surface area contributed by atoms with Crippen molar-refractivity contribution < 1.29 is 13.6 Å². The lowest BCUT2D eigenvalue weighted by molar-refractivity contribution is 0.0711. The van der Waals surface area contributed by atoms with Crippen LogP contribution in [0.2, 0.25) is 0 Å². The van der Waals surface area contributed by atoms with Gasteiger partial charge in [0.1, 0.15) is 17.7 Å². The van der Waals surface area contributed by atoms with Crippen LogP contribution < -0.4 is 5.32 Å². The zero-order valence-electron chi connectivity index (χ0n) is 13.3. The predicted octanol–water partition coefficient (Wildman–Crippen LogP) is 3.99. The fraction of sp³-hybridized carbons (Fsp3) is 0.333. The van der Waals surface area contributed by atoms with Gasteiger partial charge in [0, 0.05) is 11.7 Å². The summed E-state index contributed by atoms with van der Waals surface area (Å²) in [6.45, 7) is 2.14. The molecule has 1 aromatic heterocycles. The van der Waals surface area contributed by atoms with E-state index < -0.39 is 6.17 Å². The number of hydrogen-bond acceptors (Lipinski definition) is 3. The van der Waals surface area contributed by atoms with E-state index >= 15 is 0 Å². The fourth-order valence-electron chi connectivity index (χ4n) is 2.70. The first-order chi connectivity index (χ1) is 11.5. The number of rotatable bonds is 4. The lowest BCUT2D eigenvalue weighted by atomic mass is 9.89. The van der Waals surface area contributed by atoms with E-state index in [1.807, 2.05) is 25.1 Å². The molecule has 1 aliphatic carbocycles. The van der Waals surface area contributed by atoms with Gasteiger partial charge in [-0.15, -0.1) is 0 Å². The van der Waals surface area contributed by atoms with Crippen LogP contribution in [0.5, 0.6) is 0 Å². The largest absolute Gasteiger partial charge is 0.464 e. The number of benzene rings is 1. The number of furan rings is 1. The van der Waals surface area contributed by atoms with Gasteiger partial charge >= 0.3 is 6.03 Å². The summed E-state index contributed by atoms with van der Waals surface area (Å²) in [6, 6.07) is 11.9. The van der Waals surface area contributed by atoms with Gasteiger partial charge in [-0.2, -0.15) is 5.26 Å². The summed E-state index contributed by atoms with van der Waals surface area (Å²) >= 11 is 0. The zero-order valence-corrected chi connectivity index (χ0v) is 13.3. The minimum absolute atomic E-state index is 0.135. The smallest absolute Gasteiger partial charge is 0.322 e. The summed E-state index contributed by atoms with van der Waals surface area (Å²) in [5.74, 6) is 1.44. The maximum Gasteiger partial charge on any atom is 0.322 e. The number of anilines is 1. The number of urea groups is 1. The fourth-order valence-corrected chi connectivity index (χ4v) is 2.70. The molecule has 0 saturated heterocycles. The second kappa shape index (κ2) is 6.75. The van der Waals surface area contributed by atoms with Crippen molar-refractivity contribution in [1.82, 2.24) is 4.90 Å². The molecule has 124 valence electrons. The SMILES string of the molecule is Cc1ccc(CN(C(=O)Nc2ccc(C#N)cc2)C2CC(F)C2)o1. The third kappa shape index (κ3) is 3.57. The van der Waals surface area contributed by atoms with Gasteiger partial charge in [-0.05, 0) is 56.2 Å². The standard InChI is InChI=1S/C18H18FN3O2/c1-12-2-7-17(24-12)11-22(16-8-14(19)9-16)18(23)21-15-5-3-13(10-20)4-6-15/h2-7,14,16H,8-9,11H2,1H3,(H,21,23). The number of hydrogen-bond donors (Lipinski definition) is 1. The summed E-state index contributed by atoms with van der Waals surface area (Å²) in [7, 11) is 0. The predicted molar refractivity (Wildman–Crippen MR) is 87.1 cm³/mol. The number of nitriles is 1. The van der Waals surface area contributed by atoms with Crippen molar-refractivity contribution in [2.75, 3.05) is 5.32 Å². The first-order valence-corrected chi connectivity index (χ1v) is 7.82. The molecule has 0 bridgehead atoms. The normalized spacial score (nSPS) is 19.2. The van der Waals surface area contributed by atoms with Crippen molar-refractivity contribution in [3.05, 3.63) is 53.5 Å². The molecular weight excluding hydrogens is 309 g/mol. The van der Waals surface area contributed by atoms with Crippen molar-refractivity contribution >= 4 is 11.7 Å². The summed E-state index contributed by atoms with van der Waals surface area (Å²) in [4.78, 5) is 14.2. The molecule has 2 aromatic rings. The van der Waals surface area contributed by atoms with E-state index in [1.165, 1.54) is 0 Å². The molecule has 3 rings (SSSR count). The number of halogens is 1. The van der Waals surface area contributed by atoms with Crippen LogP contribution in [0.3, 0.4) is 0 Å². The molecule has 1 N–H and O–H groups in total. The number of nitrogens with one attached hydrogen (secondary N) is 1. The maximum absolute atomic E-state index is 13.2. The first-order valence-electron chi connectivity index (χ1n) is 7.82. The highest BCUT2D eigenvalue weighted by molar-refractivity contribution is 5.89. The zero-order chi connectivity index (χ0) is 17.1. The second-order valence-corrected chi connectivity index (χ2v) is 5.98. The number of aryl methyl sites for hydroxylation is 1. The second-order valence-electron chi connectivity index (χ2n) is 5.98. The molecule has 1 heterocycles. The summed E-state index contributed by atoms with van der Waals surface area (Å²) < 4.78 is 18.8.